The van der Waals surface area contributed by atoms with Gasteiger partial charge in [-0.25, -0.2) is 14.7 Å². The van der Waals surface area contributed by atoms with Gasteiger partial charge in [-0.05, 0) is 31.9 Å². The van der Waals surface area contributed by atoms with E-state index in [0.29, 0.717) is 0 Å². The summed E-state index contributed by atoms with van der Waals surface area (Å²) in [5.74, 6) is 0. The average molecular weight is 473 g/mol. The molecule has 0 aliphatic carbocycles. The molecule has 5 N–H and O–H groups in total. The highest BCUT2D eigenvalue weighted by Crippen LogP contribution is 2.06. The average Bonchev–Trinajstić information content (AvgIpc) is 2.64. The number of nitrogens with one attached hydrogen (secondary N) is 3. The van der Waals surface area contributed by atoms with Crippen LogP contribution in [-0.2, 0) is 38.2 Å². The number of hydrogen-bond donors (Lipinski definition) is 4. The van der Waals surface area contributed by atoms with Gasteiger partial charge in [-0.2, -0.15) is 26.3 Å². The van der Waals surface area contributed by atoms with Gasteiger partial charge in [-0.1, -0.05) is 60.7 Å². The Hall–Kier alpha value is -2.51. The van der Waals surface area contributed by atoms with E-state index < -0.39 is 32.1 Å². The minimum Gasteiger partial charge on any atom is -0.443 e. The Kier molecular flexibility index (Phi) is 10.1. The number of nitrogens with two attached hydrogens (primary N) is 1. The van der Waals surface area contributed by atoms with Gasteiger partial charge in [-0.3, -0.25) is 0 Å². The Bertz CT molecular complexity index is 1020. The van der Waals surface area contributed by atoms with E-state index in [1.807, 2.05) is 36.4 Å². The fourth-order valence-electron chi connectivity index (χ4n) is 2.00. The zero-order valence-electron chi connectivity index (χ0n) is 17.5. The van der Waals surface area contributed by atoms with Crippen LogP contribution in [0.3, 0.4) is 0 Å². The Morgan fingerprint density at radius 3 is 1.65 bits per heavy atom. The van der Waals surface area contributed by atoms with Gasteiger partial charge in [0.1, 0.15) is 5.60 Å². The molecule has 31 heavy (non-hydrogen) atoms. The van der Waals surface area contributed by atoms with Crippen molar-refractivity contribution in [2.75, 3.05) is 0 Å². The van der Waals surface area contributed by atoms with Crippen LogP contribution in [-0.4, -0.2) is 28.5 Å². The molecule has 0 spiro atoms. The molecule has 1 amide bonds. The Balaban J connectivity index is 0.000000343. The minimum atomic E-state index is -3.93. The second kappa shape index (κ2) is 11.8. The molecule has 0 saturated carbocycles. The fourth-order valence-corrected chi connectivity index (χ4v) is 3.06. The maximum absolute atomic E-state index is 11.6. The minimum absolute atomic E-state index is 0.0962. The molecule has 2 aromatic carbocycles. The monoisotopic (exact) mass is 472 g/mol. The van der Waals surface area contributed by atoms with E-state index >= 15 is 0 Å². The van der Waals surface area contributed by atoms with Crippen molar-refractivity contribution in [2.45, 2.75) is 39.5 Å². The van der Waals surface area contributed by atoms with Gasteiger partial charge >= 0.3 is 16.3 Å². The number of amides is 1. The lowest BCUT2D eigenvalue weighted by molar-refractivity contribution is 0.0569. The molecule has 10 nitrogen and oxygen atoms in total. The predicted molar refractivity (Wildman–Crippen MR) is 118 cm³/mol. The van der Waals surface area contributed by atoms with Crippen LogP contribution in [0.25, 0.3) is 0 Å². The highest BCUT2D eigenvalue weighted by atomic mass is 32.2. The fraction of sp³-hybridized carbons (Fsp3) is 0.316. The van der Waals surface area contributed by atoms with Gasteiger partial charge in [0.2, 0.25) is 0 Å². The van der Waals surface area contributed by atoms with Crippen molar-refractivity contribution >= 4 is 26.5 Å². The third kappa shape index (κ3) is 14.2. The standard InChI is InChI=1S/C12H18N2O4S.C7H10N2O2S/c1-12(2,3)18-11(15)14-19(16,17)13-9-10-7-5-4-6-8-10;8-12(10,11)9-6-7-4-2-1-3-5-7/h4-8,13H,9H2,1-3H3,(H,14,15);1-5,9H,6H2,(H2,8,10,11). The van der Waals surface area contributed by atoms with E-state index in [0.717, 1.165) is 11.1 Å². The summed E-state index contributed by atoms with van der Waals surface area (Å²) in [6.07, 6.45) is -1.01. The van der Waals surface area contributed by atoms with E-state index in [1.165, 1.54) is 0 Å². The molecular weight excluding hydrogens is 444 g/mol. The van der Waals surface area contributed by atoms with Crippen molar-refractivity contribution in [3.05, 3.63) is 71.8 Å². The summed E-state index contributed by atoms with van der Waals surface area (Å²) in [6.45, 7) is 5.28. The zero-order valence-corrected chi connectivity index (χ0v) is 19.2. The van der Waals surface area contributed by atoms with Crippen LogP contribution in [0.2, 0.25) is 0 Å². The number of carbonyl (C=O) groups excluding carboxylic acids is 1. The molecule has 2 rings (SSSR count). The summed E-state index contributed by atoms with van der Waals surface area (Å²) in [5.41, 5.74) is 0.919. The van der Waals surface area contributed by atoms with Crippen LogP contribution in [0.15, 0.2) is 60.7 Å². The van der Waals surface area contributed by atoms with E-state index in [9.17, 15) is 21.6 Å². The van der Waals surface area contributed by atoms with Crippen molar-refractivity contribution < 1.29 is 26.4 Å². The molecule has 0 radical (unpaired) electrons. The molecule has 2 aromatic rings. The molecule has 0 bridgehead atoms. The lowest BCUT2D eigenvalue weighted by Gasteiger charge is -2.19. The summed E-state index contributed by atoms with van der Waals surface area (Å²) in [4.78, 5) is 11.3. The second-order valence-electron chi connectivity index (χ2n) is 7.27. The largest absolute Gasteiger partial charge is 0.443 e. The normalized spacial score (nSPS) is 11.7. The topological polar surface area (TPSA) is 157 Å². The van der Waals surface area contributed by atoms with Crippen LogP contribution in [0.4, 0.5) is 4.79 Å². The van der Waals surface area contributed by atoms with Gasteiger partial charge in [0, 0.05) is 13.1 Å². The third-order valence-corrected chi connectivity index (χ3v) is 4.75. The number of carbonyl (C=O) groups is 1. The maximum atomic E-state index is 11.6. The molecule has 0 unspecified atom stereocenters. The number of ether oxygens (including phenoxy) is 1. The van der Waals surface area contributed by atoms with Crippen molar-refractivity contribution in [1.82, 2.24) is 14.2 Å². The highest BCUT2D eigenvalue weighted by Gasteiger charge is 2.20. The first-order valence-corrected chi connectivity index (χ1v) is 12.1. The lowest BCUT2D eigenvalue weighted by Crippen LogP contribution is -2.42. The van der Waals surface area contributed by atoms with Crippen LogP contribution < -0.4 is 19.3 Å². The SMILES string of the molecule is CC(C)(C)OC(=O)NS(=O)(=O)NCc1ccccc1.NS(=O)(=O)NCc1ccccc1. The van der Waals surface area contributed by atoms with Gasteiger partial charge in [0.15, 0.2) is 0 Å². The molecule has 0 saturated heterocycles. The molecule has 0 atom stereocenters. The first-order valence-electron chi connectivity index (χ1n) is 9.11. The summed E-state index contributed by atoms with van der Waals surface area (Å²) in [7, 11) is -7.50. The molecule has 0 aromatic heterocycles. The van der Waals surface area contributed by atoms with Gasteiger partial charge in [-0.15, -0.1) is 0 Å². The van der Waals surface area contributed by atoms with Crippen molar-refractivity contribution in [2.24, 2.45) is 5.14 Å². The maximum Gasteiger partial charge on any atom is 0.422 e. The van der Waals surface area contributed by atoms with E-state index in [-0.39, 0.29) is 13.1 Å². The molecule has 0 aliphatic heterocycles. The summed E-state index contributed by atoms with van der Waals surface area (Å²) >= 11 is 0. The second-order valence-corrected chi connectivity index (χ2v) is 10.1. The smallest absolute Gasteiger partial charge is 0.422 e. The Morgan fingerprint density at radius 2 is 1.26 bits per heavy atom. The lowest BCUT2D eigenvalue weighted by atomic mass is 10.2. The Morgan fingerprint density at radius 1 is 0.839 bits per heavy atom. The van der Waals surface area contributed by atoms with E-state index in [1.54, 1.807) is 49.8 Å². The zero-order chi connectivity index (χ0) is 23.5. The number of rotatable bonds is 7. The predicted octanol–water partition coefficient (Wildman–Crippen LogP) is 1.53. The van der Waals surface area contributed by atoms with E-state index in [4.69, 9.17) is 9.88 Å². The first-order chi connectivity index (χ1) is 14.3. The quantitative estimate of drug-likeness (QED) is 0.479. The third-order valence-electron chi connectivity index (χ3n) is 3.25. The number of benzene rings is 2. The van der Waals surface area contributed by atoms with Crippen LogP contribution in [0.1, 0.15) is 31.9 Å². The van der Waals surface area contributed by atoms with Crippen LogP contribution in [0.5, 0.6) is 0 Å². The van der Waals surface area contributed by atoms with Crippen molar-refractivity contribution in [3.8, 4) is 0 Å². The molecule has 0 aliphatic rings. The van der Waals surface area contributed by atoms with Gasteiger partial charge < -0.3 is 4.74 Å². The summed E-state index contributed by atoms with van der Waals surface area (Å²) in [6, 6.07) is 18.1. The van der Waals surface area contributed by atoms with Gasteiger partial charge in [0.25, 0.3) is 10.2 Å². The molecular formula is C19H28N4O6S2. The van der Waals surface area contributed by atoms with Crippen LogP contribution >= 0.6 is 0 Å². The molecule has 0 heterocycles. The molecule has 12 heteroatoms. The van der Waals surface area contributed by atoms with Gasteiger partial charge in [0.05, 0.1) is 0 Å². The van der Waals surface area contributed by atoms with Crippen molar-refractivity contribution in [3.63, 3.8) is 0 Å². The molecule has 0 fully saturated rings. The summed E-state index contributed by atoms with van der Waals surface area (Å²) in [5, 5.41) is 4.74. The van der Waals surface area contributed by atoms with Crippen LogP contribution in [0, 0.1) is 0 Å². The Labute approximate surface area is 183 Å². The van der Waals surface area contributed by atoms with E-state index in [2.05, 4.69) is 9.44 Å². The number of hydrogen-bond acceptors (Lipinski definition) is 6. The first kappa shape index (κ1) is 26.5. The summed E-state index contributed by atoms with van der Waals surface area (Å²) < 4.78 is 55.2. The molecule has 172 valence electrons. The highest BCUT2D eigenvalue weighted by molar-refractivity contribution is 7.88. The van der Waals surface area contributed by atoms with Crippen molar-refractivity contribution in [1.29, 1.82) is 0 Å².